The van der Waals surface area contributed by atoms with Gasteiger partial charge in [-0.25, -0.2) is 13.6 Å². The first-order valence-corrected chi connectivity index (χ1v) is 9.75. The molecule has 146 valence electrons. The summed E-state index contributed by atoms with van der Waals surface area (Å²) in [5.41, 5.74) is 1.86. The number of primary sulfonamides is 1. The molecular formula is C19H19N3O5S. The number of fused-ring (bicyclic) bond motifs is 1. The highest BCUT2D eigenvalue weighted by Gasteiger charge is 2.18. The van der Waals surface area contributed by atoms with Crippen LogP contribution in [0.25, 0.3) is 10.9 Å². The van der Waals surface area contributed by atoms with E-state index in [9.17, 15) is 13.2 Å². The first kappa shape index (κ1) is 19.6. The first-order chi connectivity index (χ1) is 13.2. The van der Waals surface area contributed by atoms with Crippen molar-refractivity contribution in [3.05, 3.63) is 53.7 Å². The van der Waals surface area contributed by atoms with Gasteiger partial charge in [0.2, 0.25) is 10.0 Å². The Hall–Kier alpha value is -3.17. The van der Waals surface area contributed by atoms with Crippen molar-refractivity contribution < 1.29 is 22.7 Å². The van der Waals surface area contributed by atoms with E-state index in [1.54, 1.807) is 32.2 Å². The molecule has 2 aromatic carbocycles. The van der Waals surface area contributed by atoms with Gasteiger partial charge in [-0.15, -0.1) is 0 Å². The number of hydrogen-bond donors (Lipinski definition) is 2. The molecule has 0 spiro atoms. The molecule has 1 aromatic heterocycles. The van der Waals surface area contributed by atoms with Crippen molar-refractivity contribution in [2.75, 3.05) is 19.5 Å². The third-order valence-corrected chi connectivity index (χ3v) is 5.12. The summed E-state index contributed by atoms with van der Waals surface area (Å²) in [4.78, 5) is 17.0. The molecular weight excluding hydrogens is 382 g/mol. The van der Waals surface area contributed by atoms with Gasteiger partial charge in [-0.1, -0.05) is 0 Å². The molecule has 3 N–H and O–H groups in total. The van der Waals surface area contributed by atoms with Crippen LogP contribution in [0.5, 0.6) is 11.5 Å². The average Bonchev–Trinajstić information content (AvgIpc) is 2.66. The van der Waals surface area contributed by atoms with Gasteiger partial charge < -0.3 is 14.8 Å². The van der Waals surface area contributed by atoms with Crippen molar-refractivity contribution in [1.82, 2.24) is 4.98 Å². The minimum absolute atomic E-state index is 0.0954. The lowest BCUT2D eigenvalue weighted by Gasteiger charge is -2.12. The average molecular weight is 401 g/mol. The van der Waals surface area contributed by atoms with Crippen LogP contribution in [-0.2, 0) is 10.0 Å². The second kappa shape index (κ2) is 7.45. The van der Waals surface area contributed by atoms with Crippen LogP contribution in [0, 0.1) is 6.92 Å². The van der Waals surface area contributed by atoms with Gasteiger partial charge in [0.1, 0.15) is 16.4 Å². The molecule has 1 amide bonds. The van der Waals surface area contributed by atoms with Crippen molar-refractivity contribution in [1.29, 1.82) is 0 Å². The molecule has 9 heteroatoms. The molecule has 0 aliphatic heterocycles. The maximum atomic E-state index is 12.7. The third kappa shape index (κ3) is 3.90. The standard InChI is InChI=1S/C19H19N3O5S/c1-11-15(8-12-4-6-14(26-2)10-16(12)21-11)19(23)22-13-5-7-17(27-3)18(9-13)28(20,24)25/h4-10H,1-3H3,(H,22,23)(H2,20,24,25). The number of ether oxygens (including phenoxy) is 2. The number of amides is 1. The van der Waals surface area contributed by atoms with Crippen LogP contribution >= 0.6 is 0 Å². The molecule has 1 heterocycles. The summed E-state index contributed by atoms with van der Waals surface area (Å²) in [7, 11) is -1.11. The molecule has 0 unspecified atom stereocenters. The summed E-state index contributed by atoms with van der Waals surface area (Å²) in [5, 5.41) is 8.66. The van der Waals surface area contributed by atoms with Gasteiger partial charge in [0.25, 0.3) is 5.91 Å². The number of aryl methyl sites for hydroxylation is 1. The van der Waals surface area contributed by atoms with E-state index in [0.717, 1.165) is 5.39 Å². The molecule has 0 aliphatic carbocycles. The van der Waals surface area contributed by atoms with Gasteiger partial charge in [-0.3, -0.25) is 9.78 Å². The Morgan fingerprint density at radius 1 is 1.07 bits per heavy atom. The Morgan fingerprint density at radius 2 is 1.82 bits per heavy atom. The Morgan fingerprint density at radius 3 is 2.46 bits per heavy atom. The predicted octanol–water partition coefficient (Wildman–Crippen LogP) is 2.46. The monoisotopic (exact) mass is 401 g/mol. The van der Waals surface area contributed by atoms with Crippen LogP contribution in [0.2, 0.25) is 0 Å². The quantitative estimate of drug-likeness (QED) is 0.677. The summed E-state index contributed by atoms with van der Waals surface area (Å²) in [6.07, 6.45) is 0. The summed E-state index contributed by atoms with van der Waals surface area (Å²) in [6, 6.07) is 11.3. The zero-order valence-electron chi connectivity index (χ0n) is 15.5. The highest BCUT2D eigenvalue weighted by molar-refractivity contribution is 7.89. The van der Waals surface area contributed by atoms with Crippen LogP contribution in [0.3, 0.4) is 0 Å². The molecule has 0 atom stereocenters. The second-order valence-corrected chi connectivity index (χ2v) is 7.57. The summed E-state index contributed by atoms with van der Waals surface area (Å²) in [6.45, 7) is 1.72. The zero-order valence-corrected chi connectivity index (χ0v) is 16.3. The highest BCUT2D eigenvalue weighted by Crippen LogP contribution is 2.27. The van der Waals surface area contributed by atoms with Crippen LogP contribution < -0.4 is 19.9 Å². The zero-order chi connectivity index (χ0) is 20.5. The number of benzene rings is 2. The number of carbonyl (C=O) groups is 1. The minimum Gasteiger partial charge on any atom is -0.497 e. The maximum Gasteiger partial charge on any atom is 0.257 e. The van der Waals surface area contributed by atoms with Crippen LogP contribution in [0.1, 0.15) is 16.1 Å². The summed E-state index contributed by atoms with van der Waals surface area (Å²) >= 11 is 0. The summed E-state index contributed by atoms with van der Waals surface area (Å²) < 4.78 is 33.7. The number of pyridine rings is 1. The molecule has 0 fully saturated rings. The summed E-state index contributed by atoms with van der Waals surface area (Å²) in [5.74, 6) is 0.344. The number of nitrogens with one attached hydrogen (secondary N) is 1. The van der Waals surface area contributed by atoms with E-state index in [-0.39, 0.29) is 16.3 Å². The predicted molar refractivity (Wildman–Crippen MR) is 105 cm³/mol. The number of hydrogen-bond acceptors (Lipinski definition) is 6. The van der Waals surface area contributed by atoms with Crippen molar-refractivity contribution in [3.8, 4) is 11.5 Å². The molecule has 8 nitrogen and oxygen atoms in total. The molecule has 28 heavy (non-hydrogen) atoms. The van der Waals surface area contributed by atoms with Crippen molar-refractivity contribution in [2.24, 2.45) is 5.14 Å². The lowest BCUT2D eigenvalue weighted by molar-refractivity contribution is 0.102. The van der Waals surface area contributed by atoms with E-state index in [2.05, 4.69) is 10.3 Å². The number of anilines is 1. The molecule has 0 aliphatic rings. The van der Waals surface area contributed by atoms with Gasteiger partial charge in [-0.2, -0.15) is 0 Å². The Kier molecular flexibility index (Phi) is 5.21. The van der Waals surface area contributed by atoms with Gasteiger partial charge in [0, 0.05) is 17.1 Å². The second-order valence-electron chi connectivity index (χ2n) is 6.04. The first-order valence-electron chi connectivity index (χ1n) is 8.20. The van der Waals surface area contributed by atoms with Crippen molar-refractivity contribution >= 4 is 32.5 Å². The largest absolute Gasteiger partial charge is 0.497 e. The van der Waals surface area contributed by atoms with Gasteiger partial charge in [0.05, 0.1) is 31.0 Å². The molecule has 0 saturated heterocycles. The maximum absolute atomic E-state index is 12.7. The minimum atomic E-state index is -4.01. The van der Waals surface area contributed by atoms with Crippen molar-refractivity contribution in [2.45, 2.75) is 11.8 Å². The molecule has 0 bridgehead atoms. The number of rotatable bonds is 5. The normalized spacial score (nSPS) is 11.3. The van der Waals surface area contributed by atoms with E-state index in [1.807, 2.05) is 6.07 Å². The molecule has 0 saturated carbocycles. The molecule has 3 aromatic rings. The molecule has 0 radical (unpaired) electrons. The fourth-order valence-corrected chi connectivity index (χ4v) is 3.50. The van der Waals surface area contributed by atoms with Crippen LogP contribution in [0.4, 0.5) is 5.69 Å². The highest BCUT2D eigenvalue weighted by atomic mass is 32.2. The fraction of sp³-hybridized carbons (Fsp3) is 0.158. The number of aromatic nitrogens is 1. The molecule has 3 rings (SSSR count). The Labute approximate surface area is 162 Å². The van der Waals surface area contributed by atoms with E-state index < -0.39 is 15.9 Å². The van der Waals surface area contributed by atoms with Crippen LogP contribution in [-0.4, -0.2) is 33.5 Å². The SMILES string of the molecule is COc1ccc2cc(C(=O)Nc3ccc(OC)c(S(N)(=O)=O)c3)c(C)nc2c1. The van der Waals surface area contributed by atoms with E-state index >= 15 is 0 Å². The third-order valence-electron chi connectivity index (χ3n) is 4.19. The number of nitrogens with zero attached hydrogens (tertiary/aromatic N) is 1. The van der Waals surface area contributed by atoms with Crippen LogP contribution in [0.15, 0.2) is 47.4 Å². The number of sulfonamides is 1. The van der Waals surface area contributed by atoms with E-state index in [1.165, 1.54) is 25.3 Å². The topological polar surface area (TPSA) is 121 Å². The smallest absolute Gasteiger partial charge is 0.257 e. The van der Waals surface area contributed by atoms with E-state index in [4.69, 9.17) is 14.6 Å². The van der Waals surface area contributed by atoms with Crippen molar-refractivity contribution in [3.63, 3.8) is 0 Å². The van der Waals surface area contributed by atoms with E-state index in [0.29, 0.717) is 22.5 Å². The number of methoxy groups -OCH3 is 2. The Balaban J connectivity index is 1.96. The van der Waals surface area contributed by atoms with Gasteiger partial charge >= 0.3 is 0 Å². The lowest BCUT2D eigenvalue weighted by atomic mass is 10.1. The Bertz CT molecular complexity index is 1180. The number of carbonyl (C=O) groups excluding carboxylic acids is 1. The lowest BCUT2D eigenvalue weighted by Crippen LogP contribution is -2.16. The number of nitrogens with two attached hydrogens (primary N) is 1. The fourth-order valence-electron chi connectivity index (χ4n) is 2.78. The van der Waals surface area contributed by atoms with Gasteiger partial charge in [0.15, 0.2) is 0 Å². The van der Waals surface area contributed by atoms with Gasteiger partial charge in [-0.05, 0) is 43.3 Å².